The van der Waals surface area contributed by atoms with Crippen molar-refractivity contribution in [1.82, 2.24) is 5.32 Å². The average Bonchev–Trinajstić information content (AvgIpc) is 2.36. The molecule has 1 aromatic rings. The van der Waals surface area contributed by atoms with Gasteiger partial charge in [0.25, 0.3) is 5.69 Å². The van der Waals surface area contributed by atoms with Crippen LogP contribution in [-0.2, 0) is 9.53 Å². The van der Waals surface area contributed by atoms with Gasteiger partial charge in [-0.3, -0.25) is 15.4 Å². The number of aliphatic hydroxyl groups excluding tert-OH is 1. The minimum absolute atomic E-state index is 0.0133. The number of nitrogens with zero attached hydrogens (tertiary/aromatic N) is 1. The fourth-order valence-electron chi connectivity index (χ4n) is 1.29. The van der Waals surface area contributed by atoms with Crippen molar-refractivity contribution in [3.8, 4) is 5.75 Å². The number of non-ortho nitro benzene ring substituents is 1. The summed E-state index contributed by atoms with van der Waals surface area (Å²) < 4.78 is 9.62. The van der Waals surface area contributed by atoms with E-state index in [1.54, 1.807) is 20.8 Å². The summed E-state index contributed by atoms with van der Waals surface area (Å²) in [5, 5.41) is 21.9. The summed E-state index contributed by atoms with van der Waals surface area (Å²) in [7, 11) is 0. The highest BCUT2D eigenvalue weighted by atomic mass is 16.6. The molecule has 0 aliphatic heterocycles. The second-order valence-electron chi connectivity index (χ2n) is 5.22. The molecule has 0 spiro atoms. The Labute approximate surface area is 126 Å². The minimum atomic E-state index is -1.93. The maximum absolute atomic E-state index is 11.6. The lowest BCUT2D eigenvalue weighted by atomic mass is 10.2. The van der Waals surface area contributed by atoms with E-state index in [0.29, 0.717) is 0 Å². The molecule has 9 nitrogen and oxygen atoms in total. The van der Waals surface area contributed by atoms with Crippen LogP contribution in [0, 0.1) is 10.1 Å². The van der Waals surface area contributed by atoms with E-state index in [2.05, 4.69) is 0 Å². The predicted octanol–water partition coefficient (Wildman–Crippen LogP) is 1.34. The lowest BCUT2D eigenvalue weighted by Gasteiger charge is -2.20. The van der Waals surface area contributed by atoms with Gasteiger partial charge >= 0.3 is 12.1 Å². The summed E-state index contributed by atoms with van der Waals surface area (Å²) >= 11 is 0. The van der Waals surface area contributed by atoms with E-state index in [-0.39, 0.29) is 11.4 Å². The van der Waals surface area contributed by atoms with E-state index >= 15 is 0 Å². The normalized spacial score (nSPS) is 12.2. The molecule has 9 heteroatoms. The number of benzene rings is 1. The van der Waals surface area contributed by atoms with Gasteiger partial charge in [0.05, 0.1) is 4.92 Å². The fraction of sp³-hybridized carbons (Fsp3) is 0.385. The summed E-state index contributed by atoms with van der Waals surface area (Å²) in [6.07, 6.45) is -2.91. The number of aliphatic hydroxyl groups is 1. The van der Waals surface area contributed by atoms with Gasteiger partial charge in [0.1, 0.15) is 11.4 Å². The van der Waals surface area contributed by atoms with Crippen LogP contribution in [0.3, 0.4) is 0 Å². The zero-order valence-electron chi connectivity index (χ0n) is 12.2. The number of hydrogen-bond donors (Lipinski definition) is 2. The third-order valence-corrected chi connectivity index (χ3v) is 2.14. The first-order valence-corrected chi connectivity index (χ1v) is 6.22. The lowest BCUT2D eigenvalue weighted by Crippen LogP contribution is -2.45. The van der Waals surface area contributed by atoms with Crippen molar-refractivity contribution in [2.75, 3.05) is 0 Å². The van der Waals surface area contributed by atoms with Crippen molar-refractivity contribution in [2.24, 2.45) is 0 Å². The molecule has 1 atom stereocenters. The van der Waals surface area contributed by atoms with E-state index in [0.717, 1.165) is 12.1 Å². The monoisotopic (exact) mass is 312 g/mol. The molecule has 0 saturated carbocycles. The van der Waals surface area contributed by atoms with Crippen LogP contribution in [0.5, 0.6) is 5.75 Å². The maximum atomic E-state index is 11.6. The first-order valence-electron chi connectivity index (χ1n) is 6.22. The average molecular weight is 312 g/mol. The van der Waals surface area contributed by atoms with Gasteiger partial charge < -0.3 is 14.6 Å². The minimum Gasteiger partial charge on any atom is -0.444 e. The maximum Gasteiger partial charge on any atom is 0.410 e. The van der Waals surface area contributed by atoms with Crippen LogP contribution in [0.15, 0.2) is 24.3 Å². The Morgan fingerprint density at radius 1 is 1.27 bits per heavy atom. The molecule has 1 rings (SSSR count). The number of esters is 1. The molecule has 1 aromatic carbocycles. The van der Waals surface area contributed by atoms with Crippen LogP contribution >= 0.6 is 0 Å². The van der Waals surface area contributed by atoms with Gasteiger partial charge in [-0.2, -0.15) is 0 Å². The molecule has 120 valence electrons. The molecule has 0 aliphatic rings. The first kappa shape index (κ1) is 17.4. The molecule has 0 saturated heterocycles. The Morgan fingerprint density at radius 2 is 1.82 bits per heavy atom. The van der Waals surface area contributed by atoms with Crippen LogP contribution in [0.25, 0.3) is 0 Å². The van der Waals surface area contributed by atoms with Crippen molar-refractivity contribution in [3.05, 3.63) is 34.4 Å². The van der Waals surface area contributed by atoms with Gasteiger partial charge in [-0.05, 0) is 32.9 Å². The Balaban J connectivity index is 2.57. The molecule has 1 unspecified atom stereocenters. The molecule has 0 radical (unpaired) electrons. The van der Waals surface area contributed by atoms with Crippen LogP contribution < -0.4 is 10.1 Å². The topological polar surface area (TPSA) is 128 Å². The second-order valence-corrected chi connectivity index (χ2v) is 5.22. The summed E-state index contributed by atoms with van der Waals surface area (Å²) in [5.41, 5.74) is -0.960. The smallest absolute Gasteiger partial charge is 0.410 e. The molecular weight excluding hydrogens is 296 g/mol. The van der Waals surface area contributed by atoms with Crippen LogP contribution in [0.2, 0.25) is 0 Å². The third kappa shape index (κ3) is 5.75. The zero-order chi connectivity index (χ0) is 16.9. The number of nitrogens with one attached hydrogen (secondary N) is 1. The Hall–Kier alpha value is -2.68. The Kier molecular flexibility index (Phi) is 5.41. The van der Waals surface area contributed by atoms with Crippen LogP contribution in [-0.4, -0.2) is 33.9 Å². The molecule has 0 aromatic heterocycles. The third-order valence-electron chi connectivity index (χ3n) is 2.14. The van der Waals surface area contributed by atoms with E-state index in [1.165, 1.54) is 12.1 Å². The van der Waals surface area contributed by atoms with E-state index in [1.807, 2.05) is 5.32 Å². The number of nitro groups is 1. The molecule has 0 fully saturated rings. The number of alkyl carbamates (subject to hydrolysis) is 1. The standard InChI is InChI=1S/C13H16N2O7/c1-13(2,3)22-12(18)14-10(16)11(17)21-9-6-4-8(5-7-9)15(19)20/h4-7,10,16H,1-3H3,(H,14,18). The molecule has 0 aliphatic carbocycles. The number of ether oxygens (including phenoxy) is 2. The summed E-state index contributed by atoms with van der Waals surface area (Å²) in [5.74, 6) is -1.17. The van der Waals surface area contributed by atoms with Gasteiger partial charge in [-0.1, -0.05) is 0 Å². The Morgan fingerprint density at radius 3 is 2.27 bits per heavy atom. The highest BCUT2D eigenvalue weighted by Crippen LogP contribution is 2.17. The molecule has 1 amide bonds. The molecule has 0 bridgehead atoms. The highest BCUT2D eigenvalue weighted by Gasteiger charge is 2.24. The van der Waals surface area contributed by atoms with Gasteiger partial charge in [-0.15, -0.1) is 0 Å². The molecule has 22 heavy (non-hydrogen) atoms. The van der Waals surface area contributed by atoms with E-state index < -0.39 is 28.8 Å². The summed E-state index contributed by atoms with van der Waals surface area (Å²) in [6.45, 7) is 4.86. The lowest BCUT2D eigenvalue weighted by molar-refractivity contribution is -0.384. The molecule has 2 N–H and O–H groups in total. The van der Waals surface area contributed by atoms with Crippen molar-refractivity contribution in [1.29, 1.82) is 0 Å². The van der Waals surface area contributed by atoms with Crippen molar-refractivity contribution in [2.45, 2.75) is 32.6 Å². The predicted molar refractivity (Wildman–Crippen MR) is 74.1 cm³/mol. The number of nitro benzene ring substituents is 1. The van der Waals surface area contributed by atoms with Crippen molar-refractivity contribution < 1.29 is 29.1 Å². The van der Waals surface area contributed by atoms with Gasteiger partial charge in [0.2, 0.25) is 6.23 Å². The summed E-state index contributed by atoms with van der Waals surface area (Å²) in [6, 6.07) is 4.65. The SMILES string of the molecule is CC(C)(C)OC(=O)NC(O)C(=O)Oc1ccc([N+](=O)[O-])cc1. The van der Waals surface area contributed by atoms with Gasteiger partial charge in [-0.25, -0.2) is 9.59 Å². The summed E-state index contributed by atoms with van der Waals surface area (Å²) in [4.78, 5) is 32.8. The number of carbonyl (C=O) groups excluding carboxylic acids is 2. The number of carbonyl (C=O) groups is 2. The van der Waals surface area contributed by atoms with E-state index in [9.17, 15) is 24.8 Å². The van der Waals surface area contributed by atoms with Gasteiger partial charge in [0, 0.05) is 12.1 Å². The van der Waals surface area contributed by atoms with Crippen LogP contribution in [0.4, 0.5) is 10.5 Å². The van der Waals surface area contributed by atoms with Crippen molar-refractivity contribution >= 4 is 17.7 Å². The van der Waals surface area contributed by atoms with E-state index in [4.69, 9.17) is 9.47 Å². The number of amides is 1. The van der Waals surface area contributed by atoms with Gasteiger partial charge in [0.15, 0.2) is 0 Å². The number of rotatable bonds is 4. The quantitative estimate of drug-likeness (QED) is 0.282. The zero-order valence-corrected chi connectivity index (χ0v) is 12.2. The fourth-order valence-corrected chi connectivity index (χ4v) is 1.29. The first-order chi connectivity index (χ1) is 10.1. The second kappa shape index (κ2) is 6.85. The molecule has 0 heterocycles. The van der Waals surface area contributed by atoms with Crippen molar-refractivity contribution in [3.63, 3.8) is 0 Å². The largest absolute Gasteiger partial charge is 0.444 e. The van der Waals surface area contributed by atoms with Crippen LogP contribution in [0.1, 0.15) is 20.8 Å². The highest BCUT2D eigenvalue weighted by molar-refractivity contribution is 5.81. The number of hydrogen-bond acceptors (Lipinski definition) is 7. The Bertz CT molecular complexity index is 563. The molecular formula is C13H16N2O7.